The Kier molecular flexibility index (Phi) is 2.55. The van der Waals surface area contributed by atoms with Crippen LogP contribution in [0.1, 0.15) is 11.6 Å². The highest BCUT2D eigenvalue weighted by Crippen LogP contribution is 2.49. The minimum absolute atomic E-state index is 0.378. The van der Waals surface area contributed by atoms with E-state index in [1.54, 1.807) is 30.3 Å². The molecule has 19 heavy (non-hydrogen) atoms. The van der Waals surface area contributed by atoms with Gasteiger partial charge in [0.15, 0.2) is 0 Å². The van der Waals surface area contributed by atoms with E-state index < -0.39 is 17.9 Å². The van der Waals surface area contributed by atoms with E-state index in [0.29, 0.717) is 11.3 Å². The van der Waals surface area contributed by atoms with Gasteiger partial charge in [-0.05, 0) is 29.8 Å². The van der Waals surface area contributed by atoms with Crippen LogP contribution < -0.4 is 4.90 Å². The van der Waals surface area contributed by atoms with Gasteiger partial charge in [0.2, 0.25) is 0 Å². The molecule has 0 aliphatic carbocycles. The zero-order valence-corrected chi connectivity index (χ0v) is 9.83. The first-order chi connectivity index (χ1) is 9.12. The van der Waals surface area contributed by atoms with E-state index in [-0.39, 0.29) is 0 Å². The molecule has 0 spiro atoms. The molecule has 1 amide bonds. The van der Waals surface area contributed by atoms with E-state index in [9.17, 15) is 13.6 Å². The third-order valence-electron chi connectivity index (χ3n) is 3.16. The normalized spacial score (nSPS) is 21.1. The molecule has 0 N–H and O–H groups in total. The maximum atomic E-state index is 13.8. The van der Waals surface area contributed by atoms with Gasteiger partial charge in [0.1, 0.15) is 6.04 Å². The fraction of sp³-hybridized carbons (Fsp3) is 0.143. The van der Waals surface area contributed by atoms with Crippen LogP contribution in [0.25, 0.3) is 0 Å². The van der Waals surface area contributed by atoms with Gasteiger partial charge in [-0.1, -0.05) is 18.2 Å². The summed E-state index contributed by atoms with van der Waals surface area (Å²) in [6.45, 7) is 0. The van der Waals surface area contributed by atoms with Gasteiger partial charge in [-0.25, -0.2) is 0 Å². The summed E-state index contributed by atoms with van der Waals surface area (Å²) in [7, 11) is 0. The van der Waals surface area contributed by atoms with Gasteiger partial charge in [0, 0.05) is 18.1 Å². The second kappa shape index (κ2) is 4.12. The zero-order valence-electron chi connectivity index (χ0n) is 9.83. The predicted octanol–water partition coefficient (Wildman–Crippen LogP) is 2.80. The molecule has 2 heterocycles. The second-order valence-electron chi connectivity index (χ2n) is 4.32. The molecule has 0 radical (unpaired) electrons. The van der Waals surface area contributed by atoms with Crippen LogP contribution >= 0.6 is 0 Å². The highest BCUT2D eigenvalue weighted by molar-refractivity contribution is 6.07. The Hall–Kier alpha value is -2.30. The number of carbonyl (C=O) groups is 1. The van der Waals surface area contributed by atoms with Crippen molar-refractivity contribution >= 4 is 11.6 Å². The van der Waals surface area contributed by atoms with Crippen LogP contribution in [0.3, 0.4) is 0 Å². The molecular formula is C14H10F2N2O. The minimum atomic E-state index is -3.36. The Bertz CT molecular complexity index is 601. The number of halogens is 2. The molecule has 1 aliphatic heterocycles. The molecule has 1 fully saturated rings. The number of benzene rings is 1. The van der Waals surface area contributed by atoms with Crippen molar-refractivity contribution in [3.05, 3.63) is 60.4 Å². The molecule has 1 unspecified atom stereocenters. The Balaban J connectivity index is 2.03. The summed E-state index contributed by atoms with van der Waals surface area (Å²) in [5, 5.41) is 0. The van der Waals surface area contributed by atoms with Crippen molar-refractivity contribution in [2.24, 2.45) is 0 Å². The quantitative estimate of drug-likeness (QED) is 0.778. The van der Waals surface area contributed by atoms with Crippen molar-refractivity contribution in [1.82, 2.24) is 4.98 Å². The van der Waals surface area contributed by atoms with Crippen molar-refractivity contribution in [2.75, 3.05) is 4.90 Å². The number of hydrogen-bond donors (Lipinski definition) is 0. The van der Waals surface area contributed by atoms with E-state index in [4.69, 9.17) is 0 Å². The molecule has 1 aromatic carbocycles. The average Bonchev–Trinajstić information content (AvgIpc) is 2.45. The summed E-state index contributed by atoms with van der Waals surface area (Å²) in [6, 6.07) is 10.2. The largest absolute Gasteiger partial charge is 0.349 e. The fourth-order valence-corrected chi connectivity index (χ4v) is 2.25. The number of rotatable bonds is 2. The number of aromatic nitrogens is 1. The summed E-state index contributed by atoms with van der Waals surface area (Å²) in [5.41, 5.74) is 0.851. The lowest BCUT2D eigenvalue weighted by atomic mass is 9.89. The molecule has 1 aromatic heterocycles. The lowest BCUT2D eigenvalue weighted by Gasteiger charge is -2.46. The monoisotopic (exact) mass is 260 g/mol. The van der Waals surface area contributed by atoms with Gasteiger partial charge in [0.05, 0.1) is 0 Å². The van der Waals surface area contributed by atoms with Crippen LogP contribution in [-0.4, -0.2) is 16.8 Å². The van der Waals surface area contributed by atoms with Crippen molar-refractivity contribution in [3.8, 4) is 0 Å². The summed E-state index contributed by atoms with van der Waals surface area (Å²) in [5.74, 6) is -4.53. The molecule has 2 aromatic rings. The van der Waals surface area contributed by atoms with E-state index in [0.717, 1.165) is 4.90 Å². The number of para-hydroxylation sites is 1. The fourth-order valence-electron chi connectivity index (χ4n) is 2.25. The number of carbonyl (C=O) groups excluding carboxylic acids is 1. The molecule has 96 valence electrons. The molecule has 1 atom stereocenters. The molecule has 5 heteroatoms. The molecule has 1 aliphatic rings. The van der Waals surface area contributed by atoms with Gasteiger partial charge < -0.3 is 0 Å². The molecular weight excluding hydrogens is 250 g/mol. The highest BCUT2D eigenvalue weighted by Gasteiger charge is 2.64. The van der Waals surface area contributed by atoms with Gasteiger partial charge in [0.25, 0.3) is 0 Å². The van der Waals surface area contributed by atoms with Crippen LogP contribution in [0.5, 0.6) is 0 Å². The second-order valence-corrected chi connectivity index (χ2v) is 4.32. The number of anilines is 1. The van der Waals surface area contributed by atoms with Gasteiger partial charge in [-0.15, -0.1) is 0 Å². The van der Waals surface area contributed by atoms with Gasteiger partial charge >= 0.3 is 11.8 Å². The summed E-state index contributed by atoms with van der Waals surface area (Å²) < 4.78 is 27.6. The summed E-state index contributed by atoms with van der Waals surface area (Å²) >= 11 is 0. The highest BCUT2D eigenvalue weighted by atomic mass is 19.3. The molecule has 3 nitrogen and oxygen atoms in total. The van der Waals surface area contributed by atoms with Crippen LogP contribution in [0, 0.1) is 0 Å². The van der Waals surface area contributed by atoms with Crippen LogP contribution in [0.2, 0.25) is 0 Å². The maximum absolute atomic E-state index is 13.8. The first-order valence-electron chi connectivity index (χ1n) is 5.79. The smallest absolute Gasteiger partial charge is 0.293 e. The standard InChI is InChI=1S/C14H10F2N2O/c15-14(16)12(10-6-8-17-9-7-10)18(13(14)19)11-4-2-1-3-5-11/h1-9,12H. The van der Waals surface area contributed by atoms with Crippen molar-refractivity contribution < 1.29 is 13.6 Å². The number of amides is 1. The van der Waals surface area contributed by atoms with Crippen LogP contribution in [0.4, 0.5) is 14.5 Å². The predicted molar refractivity (Wildman–Crippen MR) is 65.9 cm³/mol. The summed E-state index contributed by atoms with van der Waals surface area (Å²) in [6.07, 6.45) is 2.88. The molecule has 1 saturated heterocycles. The Morgan fingerprint density at radius 3 is 2.32 bits per heavy atom. The van der Waals surface area contributed by atoms with E-state index in [1.807, 2.05) is 0 Å². The SMILES string of the molecule is O=C1N(c2ccccc2)C(c2ccncc2)C1(F)F. The van der Waals surface area contributed by atoms with Crippen molar-refractivity contribution in [3.63, 3.8) is 0 Å². The van der Waals surface area contributed by atoms with Crippen molar-refractivity contribution in [1.29, 1.82) is 0 Å². The van der Waals surface area contributed by atoms with E-state index >= 15 is 0 Å². The first kappa shape index (κ1) is 11.8. The molecule has 0 bridgehead atoms. The third-order valence-corrected chi connectivity index (χ3v) is 3.16. The van der Waals surface area contributed by atoms with Gasteiger partial charge in [-0.3, -0.25) is 14.7 Å². The average molecular weight is 260 g/mol. The zero-order chi connectivity index (χ0) is 13.5. The van der Waals surface area contributed by atoms with Crippen LogP contribution in [-0.2, 0) is 4.79 Å². The third kappa shape index (κ3) is 1.69. The van der Waals surface area contributed by atoms with Crippen molar-refractivity contribution in [2.45, 2.75) is 12.0 Å². The lowest BCUT2D eigenvalue weighted by Crippen LogP contribution is -2.64. The number of nitrogens with zero attached hydrogens (tertiary/aromatic N) is 2. The molecule has 0 saturated carbocycles. The Labute approximate surface area is 108 Å². The Morgan fingerprint density at radius 1 is 1.05 bits per heavy atom. The number of pyridine rings is 1. The van der Waals surface area contributed by atoms with E-state index in [1.165, 1.54) is 24.5 Å². The molecule has 3 rings (SSSR count). The topological polar surface area (TPSA) is 33.2 Å². The number of β-lactam (4-membered cyclic amide) rings is 1. The first-order valence-corrected chi connectivity index (χ1v) is 5.79. The number of hydrogen-bond acceptors (Lipinski definition) is 2. The minimum Gasteiger partial charge on any atom is -0.293 e. The number of alkyl halides is 2. The van der Waals surface area contributed by atoms with Gasteiger partial charge in [-0.2, -0.15) is 8.78 Å². The van der Waals surface area contributed by atoms with Crippen LogP contribution in [0.15, 0.2) is 54.9 Å². The summed E-state index contributed by atoms with van der Waals surface area (Å²) in [4.78, 5) is 16.6. The van der Waals surface area contributed by atoms with E-state index in [2.05, 4.69) is 4.98 Å². The Morgan fingerprint density at radius 2 is 1.68 bits per heavy atom. The maximum Gasteiger partial charge on any atom is 0.349 e. The lowest BCUT2D eigenvalue weighted by molar-refractivity contribution is -0.162.